The Kier molecular flexibility index (Phi) is 11.6. The van der Waals surface area contributed by atoms with E-state index in [0.29, 0.717) is 5.41 Å². The maximum Gasteiger partial charge on any atom is 0.0277 e. The molecule has 0 rings (SSSR count). The average Bonchev–Trinajstić information content (AvgIpc) is 2.33. The van der Waals surface area contributed by atoms with Crippen LogP contribution in [-0.2, 0) is 0 Å². The highest BCUT2D eigenvalue weighted by molar-refractivity contribution is 6.18. The van der Waals surface area contributed by atoms with Crippen molar-refractivity contribution in [1.29, 1.82) is 0 Å². The topological polar surface area (TPSA) is 0 Å². The fourth-order valence-electron chi connectivity index (χ4n) is 2.55. The van der Waals surface area contributed by atoms with Crippen molar-refractivity contribution >= 4 is 11.6 Å². The zero-order chi connectivity index (χ0) is 13.0. The molecular weight excluding hydrogens is 228 g/mol. The molecule has 0 aromatic heterocycles. The molecule has 0 saturated heterocycles. The number of hydrogen-bond donors (Lipinski definition) is 0. The molecule has 1 heteroatoms. The van der Waals surface area contributed by atoms with Gasteiger partial charge in [-0.25, -0.2) is 0 Å². The van der Waals surface area contributed by atoms with Crippen LogP contribution in [0.3, 0.4) is 0 Å². The van der Waals surface area contributed by atoms with Gasteiger partial charge in [-0.2, -0.15) is 0 Å². The standard InChI is InChI=1S/C16H33Cl/c1-4-6-7-8-9-10-11-12-14-16(3,15-17)13-5-2/h4-15H2,1-3H3. The summed E-state index contributed by atoms with van der Waals surface area (Å²) in [5, 5.41) is 0. The van der Waals surface area contributed by atoms with Crippen molar-refractivity contribution in [2.24, 2.45) is 5.41 Å². The molecule has 0 bridgehead atoms. The molecular formula is C16H33Cl. The van der Waals surface area contributed by atoms with Crippen molar-refractivity contribution in [3.63, 3.8) is 0 Å². The quantitative estimate of drug-likeness (QED) is 0.275. The van der Waals surface area contributed by atoms with Crippen LogP contribution in [0.5, 0.6) is 0 Å². The maximum atomic E-state index is 6.08. The van der Waals surface area contributed by atoms with Crippen LogP contribution >= 0.6 is 11.6 Å². The summed E-state index contributed by atoms with van der Waals surface area (Å²) < 4.78 is 0. The monoisotopic (exact) mass is 260 g/mol. The van der Waals surface area contributed by atoms with E-state index in [4.69, 9.17) is 11.6 Å². The lowest BCUT2D eigenvalue weighted by molar-refractivity contribution is 0.296. The molecule has 0 aliphatic carbocycles. The van der Waals surface area contributed by atoms with Crippen LogP contribution in [0.25, 0.3) is 0 Å². The summed E-state index contributed by atoms with van der Waals surface area (Å²) in [6.07, 6.45) is 15.2. The van der Waals surface area contributed by atoms with E-state index < -0.39 is 0 Å². The normalized spacial score (nSPS) is 14.8. The van der Waals surface area contributed by atoms with Crippen LogP contribution in [0.1, 0.15) is 91.4 Å². The molecule has 1 atom stereocenters. The summed E-state index contributed by atoms with van der Waals surface area (Å²) in [6, 6.07) is 0. The van der Waals surface area contributed by atoms with Gasteiger partial charge >= 0.3 is 0 Å². The SMILES string of the molecule is CCCCCCCCCCC(C)(CCl)CCC. The second-order valence-corrected chi connectivity index (χ2v) is 6.19. The number of unbranched alkanes of at least 4 members (excludes halogenated alkanes) is 7. The Balaban J connectivity index is 3.37. The van der Waals surface area contributed by atoms with Gasteiger partial charge in [0.25, 0.3) is 0 Å². The molecule has 0 amide bonds. The van der Waals surface area contributed by atoms with Crippen molar-refractivity contribution in [3.05, 3.63) is 0 Å². The third kappa shape index (κ3) is 9.94. The highest BCUT2D eigenvalue weighted by atomic mass is 35.5. The van der Waals surface area contributed by atoms with Crippen LogP contribution in [-0.4, -0.2) is 5.88 Å². The van der Waals surface area contributed by atoms with Gasteiger partial charge in [0, 0.05) is 5.88 Å². The molecule has 17 heavy (non-hydrogen) atoms. The molecule has 0 N–H and O–H groups in total. The van der Waals surface area contributed by atoms with Crippen molar-refractivity contribution in [1.82, 2.24) is 0 Å². The maximum absolute atomic E-state index is 6.08. The average molecular weight is 261 g/mol. The van der Waals surface area contributed by atoms with E-state index in [0.717, 1.165) is 5.88 Å². The molecule has 0 saturated carbocycles. The second-order valence-electron chi connectivity index (χ2n) is 5.92. The molecule has 0 aliphatic heterocycles. The Hall–Kier alpha value is 0.290. The van der Waals surface area contributed by atoms with Crippen molar-refractivity contribution in [3.8, 4) is 0 Å². The summed E-state index contributed by atoms with van der Waals surface area (Å²) in [5.41, 5.74) is 0.401. The zero-order valence-electron chi connectivity index (χ0n) is 12.4. The first-order valence-electron chi connectivity index (χ1n) is 7.74. The Labute approximate surface area is 115 Å². The van der Waals surface area contributed by atoms with Gasteiger partial charge in [-0.3, -0.25) is 0 Å². The fraction of sp³-hybridized carbons (Fsp3) is 1.00. The largest absolute Gasteiger partial charge is 0.126 e. The van der Waals surface area contributed by atoms with Gasteiger partial charge in [-0.1, -0.05) is 78.6 Å². The summed E-state index contributed by atoms with van der Waals surface area (Å²) in [5.74, 6) is 0.831. The first-order chi connectivity index (χ1) is 8.18. The van der Waals surface area contributed by atoms with Crippen LogP contribution in [0.2, 0.25) is 0 Å². The second kappa shape index (κ2) is 11.4. The number of hydrogen-bond acceptors (Lipinski definition) is 0. The predicted molar refractivity (Wildman–Crippen MR) is 81.0 cm³/mol. The number of rotatable bonds is 12. The molecule has 104 valence electrons. The molecule has 0 spiro atoms. The Bertz CT molecular complexity index is 156. The van der Waals surface area contributed by atoms with E-state index in [1.165, 1.54) is 70.6 Å². The Morgan fingerprint density at radius 1 is 0.706 bits per heavy atom. The lowest BCUT2D eigenvalue weighted by Crippen LogP contribution is -2.18. The molecule has 0 radical (unpaired) electrons. The molecule has 0 aromatic rings. The van der Waals surface area contributed by atoms with Gasteiger partial charge in [0.15, 0.2) is 0 Å². The lowest BCUT2D eigenvalue weighted by atomic mass is 9.82. The van der Waals surface area contributed by atoms with Crippen LogP contribution in [0, 0.1) is 5.41 Å². The number of alkyl halides is 1. The minimum atomic E-state index is 0.401. The van der Waals surface area contributed by atoms with Gasteiger partial charge in [0.2, 0.25) is 0 Å². The molecule has 0 fully saturated rings. The molecule has 0 aliphatic rings. The predicted octanol–water partition coefficient (Wildman–Crippen LogP) is 6.56. The molecule has 1 unspecified atom stereocenters. The van der Waals surface area contributed by atoms with Gasteiger partial charge in [0.05, 0.1) is 0 Å². The first kappa shape index (κ1) is 17.3. The molecule has 0 nitrogen and oxygen atoms in total. The smallest absolute Gasteiger partial charge is 0.0277 e. The fourth-order valence-corrected chi connectivity index (χ4v) is 2.82. The highest BCUT2D eigenvalue weighted by Gasteiger charge is 2.20. The van der Waals surface area contributed by atoms with E-state index in [1.54, 1.807) is 0 Å². The number of halogens is 1. The minimum absolute atomic E-state index is 0.401. The van der Waals surface area contributed by atoms with E-state index in [1.807, 2.05) is 0 Å². The van der Waals surface area contributed by atoms with E-state index in [9.17, 15) is 0 Å². The minimum Gasteiger partial charge on any atom is -0.126 e. The van der Waals surface area contributed by atoms with Crippen LogP contribution < -0.4 is 0 Å². The zero-order valence-corrected chi connectivity index (χ0v) is 13.1. The van der Waals surface area contributed by atoms with E-state index in [-0.39, 0.29) is 0 Å². The Morgan fingerprint density at radius 2 is 1.24 bits per heavy atom. The Morgan fingerprint density at radius 3 is 1.71 bits per heavy atom. The van der Waals surface area contributed by atoms with Crippen molar-refractivity contribution in [2.75, 3.05) is 5.88 Å². The van der Waals surface area contributed by atoms with E-state index >= 15 is 0 Å². The first-order valence-corrected chi connectivity index (χ1v) is 8.28. The lowest BCUT2D eigenvalue weighted by Gasteiger charge is -2.26. The van der Waals surface area contributed by atoms with Crippen LogP contribution in [0.15, 0.2) is 0 Å². The third-order valence-corrected chi connectivity index (χ3v) is 4.46. The van der Waals surface area contributed by atoms with Gasteiger partial charge in [-0.15, -0.1) is 11.6 Å². The molecule has 0 aromatic carbocycles. The van der Waals surface area contributed by atoms with Gasteiger partial charge < -0.3 is 0 Å². The molecule has 0 heterocycles. The summed E-state index contributed by atoms with van der Waals surface area (Å²) in [6.45, 7) is 6.89. The summed E-state index contributed by atoms with van der Waals surface area (Å²) in [7, 11) is 0. The van der Waals surface area contributed by atoms with Crippen LogP contribution in [0.4, 0.5) is 0 Å². The highest BCUT2D eigenvalue weighted by Crippen LogP contribution is 2.31. The summed E-state index contributed by atoms with van der Waals surface area (Å²) >= 11 is 6.08. The summed E-state index contributed by atoms with van der Waals surface area (Å²) in [4.78, 5) is 0. The van der Waals surface area contributed by atoms with Crippen molar-refractivity contribution < 1.29 is 0 Å². The van der Waals surface area contributed by atoms with Gasteiger partial charge in [-0.05, 0) is 18.3 Å². The third-order valence-electron chi connectivity index (χ3n) is 3.81. The van der Waals surface area contributed by atoms with E-state index in [2.05, 4.69) is 20.8 Å². The van der Waals surface area contributed by atoms with Crippen molar-refractivity contribution in [2.45, 2.75) is 91.4 Å². The van der Waals surface area contributed by atoms with Gasteiger partial charge in [0.1, 0.15) is 0 Å².